The molecule has 19 heavy (non-hydrogen) atoms. The molecule has 2 N–H and O–H groups in total. The van der Waals surface area contributed by atoms with E-state index in [9.17, 15) is 14.6 Å². The fourth-order valence-corrected chi connectivity index (χ4v) is 2.68. The van der Waals surface area contributed by atoms with Crippen molar-refractivity contribution in [2.75, 3.05) is 13.3 Å². The summed E-state index contributed by atoms with van der Waals surface area (Å²) in [7, 11) is 1.53. The lowest BCUT2D eigenvalue weighted by molar-refractivity contribution is -0.136. The lowest BCUT2D eigenvalue weighted by Crippen LogP contribution is -2.52. The number of amides is 1. The quantitative estimate of drug-likeness (QED) is 0.622. The Balaban J connectivity index is 2.48. The second-order valence-corrected chi connectivity index (χ2v) is 5.73. The Labute approximate surface area is 114 Å². The summed E-state index contributed by atoms with van der Waals surface area (Å²) in [5, 5.41) is 14.7. The molecular formula is C12H15N3O3S. The van der Waals surface area contributed by atoms with E-state index in [0.29, 0.717) is 16.2 Å². The van der Waals surface area contributed by atoms with Crippen molar-refractivity contribution in [3.8, 4) is 0 Å². The highest BCUT2D eigenvalue weighted by Gasteiger charge is 2.49. The van der Waals surface area contributed by atoms with Crippen LogP contribution < -0.4 is 5.48 Å². The van der Waals surface area contributed by atoms with Crippen LogP contribution in [-0.4, -0.2) is 39.7 Å². The van der Waals surface area contributed by atoms with Crippen molar-refractivity contribution in [1.29, 1.82) is 0 Å². The van der Waals surface area contributed by atoms with E-state index in [-0.39, 0.29) is 5.91 Å². The van der Waals surface area contributed by atoms with Gasteiger partial charge >= 0.3 is 0 Å². The Bertz CT molecular complexity index is 530. The first-order valence-electron chi connectivity index (χ1n) is 5.62. The number of hydrogen-bond donors (Lipinski definition) is 2. The van der Waals surface area contributed by atoms with Crippen LogP contribution in [0, 0.1) is 0 Å². The summed E-state index contributed by atoms with van der Waals surface area (Å²) in [6, 6.07) is 6.67. The first kappa shape index (κ1) is 14.0. The Kier molecular flexibility index (Phi) is 3.64. The maximum atomic E-state index is 12.2. The van der Waals surface area contributed by atoms with Gasteiger partial charge in [0.25, 0.3) is 5.91 Å². The standard InChI is InChI=1S/C12H15N3O3S/c1-8-12(14-17,11(16)15(2)13-8)9-4-6-10(7-5-9)19(3)18/h4-7,14,17H,1-3H3. The summed E-state index contributed by atoms with van der Waals surface area (Å²) in [4.78, 5) is 12.9. The number of carbonyl (C=O) groups is 1. The van der Waals surface area contributed by atoms with Crippen molar-refractivity contribution >= 4 is 22.8 Å². The highest BCUT2D eigenvalue weighted by Crippen LogP contribution is 2.30. The van der Waals surface area contributed by atoms with E-state index < -0.39 is 16.7 Å². The maximum absolute atomic E-state index is 12.2. The van der Waals surface area contributed by atoms with Gasteiger partial charge in [-0.2, -0.15) is 10.6 Å². The van der Waals surface area contributed by atoms with Crippen LogP contribution in [0.25, 0.3) is 0 Å². The molecule has 0 saturated heterocycles. The second kappa shape index (κ2) is 4.93. The molecule has 0 radical (unpaired) electrons. The SMILES string of the molecule is CC1=NN(C)C(=O)C1(NO)c1ccc([S+](C)[O-])cc1. The van der Waals surface area contributed by atoms with Crippen molar-refractivity contribution in [3.63, 3.8) is 0 Å². The Morgan fingerprint density at radius 1 is 1.42 bits per heavy atom. The largest absolute Gasteiger partial charge is 0.612 e. The average molecular weight is 281 g/mol. The van der Waals surface area contributed by atoms with Crippen LogP contribution in [0.4, 0.5) is 0 Å². The van der Waals surface area contributed by atoms with Crippen molar-refractivity contribution in [2.45, 2.75) is 17.4 Å². The smallest absolute Gasteiger partial charge is 0.275 e. The van der Waals surface area contributed by atoms with Crippen molar-refractivity contribution in [2.24, 2.45) is 5.10 Å². The molecule has 1 aromatic carbocycles. The van der Waals surface area contributed by atoms with Crippen LogP contribution in [0.15, 0.2) is 34.3 Å². The summed E-state index contributed by atoms with van der Waals surface area (Å²) in [5.41, 5.74) is 1.72. The predicted molar refractivity (Wildman–Crippen MR) is 71.3 cm³/mol. The summed E-state index contributed by atoms with van der Waals surface area (Å²) in [6.45, 7) is 1.66. The molecule has 102 valence electrons. The van der Waals surface area contributed by atoms with E-state index in [4.69, 9.17) is 0 Å². The van der Waals surface area contributed by atoms with Crippen molar-refractivity contribution in [3.05, 3.63) is 29.8 Å². The molecule has 0 aliphatic carbocycles. The molecule has 0 spiro atoms. The molecule has 2 rings (SSSR count). The second-order valence-electron chi connectivity index (χ2n) is 4.35. The highest BCUT2D eigenvalue weighted by molar-refractivity contribution is 7.90. The van der Waals surface area contributed by atoms with Gasteiger partial charge in [-0.15, -0.1) is 0 Å². The van der Waals surface area contributed by atoms with E-state index in [2.05, 4.69) is 10.6 Å². The molecule has 1 aromatic rings. The van der Waals surface area contributed by atoms with E-state index >= 15 is 0 Å². The van der Waals surface area contributed by atoms with Gasteiger partial charge in [-0.05, 0) is 35.8 Å². The zero-order valence-corrected chi connectivity index (χ0v) is 11.7. The van der Waals surface area contributed by atoms with Crippen LogP contribution in [0.5, 0.6) is 0 Å². The Hall–Kier alpha value is -1.41. The molecule has 6 nitrogen and oxygen atoms in total. The molecule has 0 fully saturated rings. The lowest BCUT2D eigenvalue weighted by atomic mass is 9.86. The monoisotopic (exact) mass is 281 g/mol. The van der Waals surface area contributed by atoms with Crippen LogP contribution in [0.1, 0.15) is 12.5 Å². The third-order valence-corrected chi connectivity index (χ3v) is 4.18. The van der Waals surface area contributed by atoms with Crippen molar-refractivity contribution < 1.29 is 14.6 Å². The van der Waals surface area contributed by atoms with Crippen LogP contribution in [0.2, 0.25) is 0 Å². The number of nitrogens with one attached hydrogen (secondary N) is 1. The predicted octanol–water partition coefficient (Wildman–Crippen LogP) is 0.446. The average Bonchev–Trinajstić information content (AvgIpc) is 2.61. The normalized spacial score (nSPS) is 24.6. The number of hydrogen-bond acceptors (Lipinski definition) is 5. The van der Waals surface area contributed by atoms with Gasteiger partial charge in [0.2, 0.25) is 0 Å². The lowest BCUT2D eigenvalue weighted by Gasteiger charge is -2.26. The van der Waals surface area contributed by atoms with Gasteiger partial charge in [0.15, 0.2) is 10.4 Å². The fourth-order valence-electron chi connectivity index (χ4n) is 2.17. The Morgan fingerprint density at radius 2 is 2.00 bits per heavy atom. The van der Waals surface area contributed by atoms with E-state index in [1.807, 2.05) is 0 Å². The summed E-state index contributed by atoms with van der Waals surface area (Å²) >= 11 is -1.09. The molecule has 1 aliphatic heterocycles. The third kappa shape index (κ3) is 2.04. The minimum Gasteiger partial charge on any atom is -0.612 e. The number of hydroxylamine groups is 1. The van der Waals surface area contributed by atoms with Gasteiger partial charge in [-0.3, -0.25) is 4.79 Å². The zero-order valence-electron chi connectivity index (χ0n) is 10.9. The number of nitrogens with zero attached hydrogens (tertiary/aromatic N) is 2. The summed E-state index contributed by atoms with van der Waals surface area (Å²) in [5.74, 6) is -0.363. The molecule has 0 bridgehead atoms. The summed E-state index contributed by atoms with van der Waals surface area (Å²) in [6.07, 6.45) is 1.58. The first-order chi connectivity index (χ1) is 8.93. The van der Waals surface area contributed by atoms with Gasteiger partial charge in [-0.1, -0.05) is 12.1 Å². The molecular weight excluding hydrogens is 266 g/mol. The van der Waals surface area contributed by atoms with E-state index in [1.54, 1.807) is 37.4 Å². The Morgan fingerprint density at radius 3 is 2.37 bits per heavy atom. The first-order valence-corrected chi connectivity index (χ1v) is 7.18. The van der Waals surface area contributed by atoms with Crippen LogP contribution >= 0.6 is 0 Å². The zero-order chi connectivity index (χ0) is 14.2. The van der Waals surface area contributed by atoms with Crippen LogP contribution in [0.3, 0.4) is 0 Å². The molecule has 0 aromatic heterocycles. The number of carbonyl (C=O) groups excluding carboxylic acids is 1. The minimum atomic E-state index is -1.36. The highest BCUT2D eigenvalue weighted by atomic mass is 32.2. The van der Waals surface area contributed by atoms with E-state index in [0.717, 1.165) is 0 Å². The molecule has 1 amide bonds. The van der Waals surface area contributed by atoms with Gasteiger partial charge < -0.3 is 9.76 Å². The molecule has 7 heteroatoms. The molecule has 1 heterocycles. The van der Waals surface area contributed by atoms with Crippen molar-refractivity contribution in [1.82, 2.24) is 10.5 Å². The molecule has 2 unspecified atom stereocenters. The third-order valence-electron chi connectivity index (χ3n) is 3.24. The number of rotatable bonds is 3. The van der Waals surface area contributed by atoms with E-state index in [1.165, 1.54) is 12.1 Å². The number of hydrazone groups is 1. The number of likely N-dealkylation sites (N-methyl/N-ethyl adjacent to an activating group) is 1. The minimum absolute atomic E-state index is 0.363. The van der Waals surface area contributed by atoms with Crippen LogP contribution in [-0.2, 0) is 21.5 Å². The summed E-state index contributed by atoms with van der Waals surface area (Å²) < 4.78 is 11.4. The number of benzene rings is 1. The maximum Gasteiger partial charge on any atom is 0.275 e. The molecule has 1 aliphatic rings. The van der Waals surface area contributed by atoms with Gasteiger partial charge in [0.1, 0.15) is 6.26 Å². The topological polar surface area (TPSA) is 88.0 Å². The fraction of sp³-hybridized carbons (Fsp3) is 0.333. The molecule has 2 atom stereocenters. The van der Waals surface area contributed by atoms with Gasteiger partial charge in [-0.25, -0.2) is 5.01 Å². The molecule has 0 saturated carbocycles. The van der Waals surface area contributed by atoms with Gasteiger partial charge in [0, 0.05) is 7.05 Å². The van der Waals surface area contributed by atoms with Gasteiger partial charge in [0.05, 0.1) is 5.71 Å².